The van der Waals surface area contributed by atoms with Gasteiger partial charge in [-0.2, -0.15) is 0 Å². The van der Waals surface area contributed by atoms with Gasteiger partial charge in [0.05, 0.1) is 0 Å². The molecule has 0 amide bonds. The van der Waals surface area contributed by atoms with Crippen LogP contribution in [0.1, 0.15) is 57.2 Å². The van der Waals surface area contributed by atoms with Gasteiger partial charge < -0.3 is 14.2 Å². The first-order valence-corrected chi connectivity index (χ1v) is 16.8. The van der Waals surface area contributed by atoms with Gasteiger partial charge in [0.2, 0.25) is 0 Å². The lowest BCUT2D eigenvalue weighted by molar-refractivity contribution is 0.306. The third-order valence-corrected chi connectivity index (χ3v) is 5.97. The number of ether oxygens (including phenoxy) is 3. The highest BCUT2D eigenvalue weighted by Gasteiger charge is 1.95. The Morgan fingerprint density at radius 1 is 0.271 bits per heavy atom. The summed E-state index contributed by atoms with van der Waals surface area (Å²) in [6.45, 7) is 10.4. The fraction of sp³-hybridized carbons (Fsp3) is 0.200. The Hall–Kier alpha value is -5.28. The van der Waals surface area contributed by atoms with Gasteiger partial charge in [-0.25, -0.2) is 0 Å². The monoisotopic (exact) mass is 640 g/mol. The van der Waals surface area contributed by atoms with E-state index in [2.05, 4.69) is 64.1 Å². The van der Waals surface area contributed by atoms with Crippen molar-refractivity contribution in [3.8, 4) is 17.2 Å². The molecule has 0 spiro atoms. The van der Waals surface area contributed by atoms with Crippen molar-refractivity contribution in [2.75, 3.05) is 0 Å². The normalized spacial score (nSPS) is 9.25. The van der Waals surface area contributed by atoms with Crippen LogP contribution in [0, 0.1) is 0 Å². The van der Waals surface area contributed by atoms with Crippen molar-refractivity contribution in [2.45, 2.75) is 60.4 Å². The largest absolute Gasteiger partial charge is 0.489 e. The van der Waals surface area contributed by atoms with E-state index in [1.165, 1.54) is 29.5 Å². The van der Waals surface area contributed by atoms with Gasteiger partial charge in [0.25, 0.3) is 0 Å². The van der Waals surface area contributed by atoms with Gasteiger partial charge in [0.15, 0.2) is 0 Å². The maximum Gasteiger partial charge on any atom is 0.119 e. The molecule has 48 heavy (non-hydrogen) atoms. The Morgan fingerprint density at radius 3 is 0.625 bits per heavy atom. The quantitative estimate of drug-likeness (QED) is 0.157. The van der Waals surface area contributed by atoms with E-state index in [0.717, 1.165) is 17.2 Å². The van der Waals surface area contributed by atoms with Crippen molar-refractivity contribution in [1.29, 1.82) is 0 Å². The summed E-state index contributed by atoms with van der Waals surface area (Å²) in [4.78, 5) is 0. The molecule has 0 N–H and O–H groups in total. The molecule has 0 saturated heterocycles. The highest BCUT2D eigenvalue weighted by atomic mass is 16.5. The molecule has 0 atom stereocenters. The fourth-order valence-corrected chi connectivity index (χ4v) is 3.77. The van der Waals surface area contributed by atoms with Crippen LogP contribution >= 0.6 is 0 Å². The Balaban J connectivity index is 0.000000231. The van der Waals surface area contributed by atoms with E-state index in [-0.39, 0.29) is 0 Å². The minimum Gasteiger partial charge on any atom is -0.489 e. The summed E-state index contributed by atoms with van der Waals surface area (Å²) in [5.74, 6) is 2.74. The lowest BCUT2D eigenvalue weighted by atomic mass is 10.2. The first kappa shape index (κ1) is 38.9. The Bertz CT molecular complexity index is 1200. The number of benzene rings is 6. The van der Waals surface area contributed by atoms with Crippen molar-refractivity contribution in [3.05, 3.63) is 199 Å². The molecule has 0 aromatic heterocycles. The smallest absolute Gasteiger partial charge is 0.119 e. The molecule has 0 fully saturated rings. The summed E-state index contributed by atoms with van der Waals surface area (Å²) in [7, 11) is 0. The van der Waals surface area contributed by atoms with Gasteiger partial charge in [0.1, 0.15) is 37.1 Å². The Morgan fingerprint density at radius 2 is 0.438 bits per heavy atom. The topological polar surface area (TPSA) is 27.7 Å². The molecule has 0 bridgehead atoms. The van der Waals surface area contributed by atoms with Crippen molar-refractivity contribution < 1.29 is 14.2 Å². The second-order valence-corrected chi connectivity index (χ2v) is 10.7. The van der Waals surface area contributed by atoms with Gasteiger partial charge in [-0.3, -0.25) is 0 Å². The third-order valence-electron chi connectivity index (χ3n) is 5.97. The molecule has 0 unspecified atom stereocenters. The summed E-state index contributed by atoms with van der Waals surface area (Å²) < 4.78 is 16.8. The molecule has 6 aromatic carbocycles. The van der Waals surface area contributed by atoms with E-state index in [1.54, 1.807) is 0 Å². The zero-order valence-corrected chi connectivity index (χ0v) is 29.1. The molecule has 3 heteroatoms. The maximum atomic E-state index is 5.59. The van der Waals surface area contributed by atoms with E-state index < -0.39 is 0 Å². The molecule has 0 heterocycles. The Kier molecular flexibility index (Phi) is 21.8. The van der Waals surface area contributed by atoms with Crippen LogP contribution in [0.4, 0.5) is 0 Å². The van der Waals surface area contributed by atoms with E-state index in [1.807, 2.05) is 146 Å². The zero-order chi connectivity index (χ0) is 34.3. The van der Waals surface area contributed by atoms with Gasteiger partial charge in [-0.1, -0.05) is 186 Å². The molecule has 6 rings (SSSR count). The van der Waals surface area contributed by atoms with Crippen LogP contribution in [-0.2, 0) is 19.8 Å². The molecular formula is C45H52O3. The average molecular weight is 641 g/mol. The van der Waals surface area contributed by atoms with Crippen LogP contribution in [0.15, 0.2) is 182 Å². The molecule has 0 saturated carbocycles. The second kappa shape index (κ2) is 26.9. The predicted octanol–water partition coefficient (Wildman–Crippen LogP) is 12.6. The summed E-state index contributed by atoms with van der Waals surface area (Å²) in [5, 5.41) is 0. The van der Waals surface area contributed by atoms with Gasteiger partial charge in [-0.05, 0) is 53.1 Å². The molecule has 3 nitrogen and oxygen atoms in total. The van der Waals surface area contributed by atoms with Crippen molar-refractivity contribution in [3.63, 3.8) is 0 Å². The predicted molar refractivity (Wildman–Crippen MR) is 204 cm³/mol. The summed E-state index contributed by atoms with van der Waals surface area (Å²) in [5.41, 5.74) is 3.57. The average Bonchev–Trinajstić information content (AvgIpc) is 3.16. The highest BCUT2D eigenvalue weighted by molar-refractivity contribution is 5.24. The van der Waals surface area contributed by atoms with E-state index in [9.17, 15) is 0 Å². The number of hydrogen-bond donors (Lipinski definition) is 0. The molecule has 6 aromatic rings. The third kappa shape index (κ3) is 19.3. The van der Waals surface area contributed by atoms with Crippen LogP contribution < -0.4 is 14.2 Å². The van der Waals surface area contributed by atoms with Crippen molar-refractivity contribution in [2.24, 2.45) is 0 Å². The lowest BCUT2D eigenvalue weighted by Gasteiger charge is -2.05. The van der Waals surface area contributed by atoms with Crippen LogP contribution in [0.2, 0.25) is 0 Å². The van der Waals surface area contributed by atoms with Gasteiger partial charge >= 0.3 is 0 Å². The lowest BCUT2D eigenvalue weighted by Crippen LogP contribution is -1.94. The zero-order valence-electron chi connectivity index (χ0n) is 29.1. The molecule has 250 valence electrons. The molecule has 0 aliphatic heterocycles. The number of para-hydroxylation sites is 3. The molecule has 0 aliphatic rings. The molecule has 0 aliphatic carbocycles. The molecular weight excluding hydrogens is 588 g/mol. The molecule has 0 radical (unpaired) electrons. The summed E-state index contributed by atoms with van der Waals surface area (Å²) in [6, 6.07) is 60.0. The van der Waals surface area contributed by atoms with Crippen LogP contribution in [0.3, 0.4) is 0 Å². The van der Waals surface area contributed by atoms with Gasteiger partial charge in [0, 0.05) is 0 Å². The number of hydrogen-bond acceptors (Lipinski definition) is 3. The van der Waals surface area contributed by atoms with E-state index in [4.69, 9.17) is 14.2 Å². The van der Waals surface area contributed by atoms with Crippen LogP contribution in [0.5, 0.6) is 17.2 Å². The summed E-state index contributed by atoms with van der Waals surface area (Å²) in [6.07, 6.45) is 2.50. The minimum absolute atomic E-state index is 0.630. The van der Waals surface area contributed by atoms with Crippen LogP contribution in [-0.4, -0.2) is 0 Å². The minimum atomic E-state index is 0.630. The first-order chi connectivity index (χ1) is 23.7. The van der Waals surface area contributed by atoms with Crippen molar-refractivity contribution in [1.82, 2.24) is 0 Å². The highest BCUT2D eigenvalue weighted by Crippen LogP contribution is 2.13. The van der Waals surface area contributed by atoms with E-state index >= 15 is 0 Å². The number of rotatable bonds is 9. The maximum absolute atomic E-state index is 5.59. The summed E-state index contributed by atoms with van der Waals surface area (Å²) >= 11 is 0. The van der Waals surface area contributed by atoms with Crippen LogP contribution in [0.25, 0.3) is 0 Å². The van der Waals surface area contributed by atoms with Crippen molar-refractivity contribution >= 4 is 0 Å². The standard InChI is InChI=1S/3C13H12O.2C3H8/c3*1-3-7-12(8-4-1)11-14-13-9-5-2-6-10-13;2*1-3-2/h3*1-10H,11H2;2*3H2,1-2H3. The first-order valence-electron chi connectivity index (χ1n) is 16.8. The fourth-order valence-electron chi connectivity index (χ4n) is 3.77. The second-order valence-electron chi connectivity index (χ2n) is 10.7. The SMILES string of the molecule is CCC.CCC.c1ccc(COc2ccccc2)cc1.c1ccc(COc2ccccc2)cc1.c1ccc(COc2ccccc2)cc1. The Labute approximate surface area is 289 Å². The van der Waals surface area contributed by atoms with E-state index in [0.29, 0.717) is 19.8 Å². The van der Waals surface area contributed by atoms with Gasteiger partial charge in [-0.15, -0.1) is 0 Å².